The number of carbonyl (C=O) groups is 4. The van der Waals surface area contributed by atoms with E-state index in [9.17, 15) is 19.2 Å². The molecule has 8 nitrogen and oxygen atoms in total. The average molecular weight is 433 g/mol. The van der Waals surface area contributed by atoms with Crippen molar-refractivity contribution in [1.82, 2.24) is 20.9 Å². The highest BCUT2D eigenvalue weighted by molar-refractivity contribution is 6.02. The minimum Gasteiger partial charge on any atom is -0.338 e. The number of nitrogens with zero attached hydrogens (tertiary/aromatic N) is 1. The first-order chi connectivity index (χ1) is 14.9. The summed E-state index contributed by atoms with van der Waals surface area (Å²) in [6, 6.07) is -0.433. The van der Waals surface area contributed by atoms with Crippen LogP contribution >= 0.6 is 0 Å². The summed E-state index contributed by atoms with van der Waals surface area (Å²) in [5.41, 5.74) is 0. The predicted octanol–water partition coefficient (Wildman–Crippen LogP) is 1.93. The molecule has 3 N–H and O–H groups in total. The Bertz CT molecular complexity index is 720. The molecule has 5 amide bonds. The fraction of sp³-hybridized carbons (Fsp3) is 0.826. The van der Waals surface area contributed by atoms with Crippen LogP contribution in [0.1, 0.15) is 71.1 Å². The Morgan fingerprint density at radius 3 is 2.61 bits per heavy atom. The van der Waals surface area contributed by atoms with E-state index in [1.54, 1.807) is 4.90 Å². The number of fused-ring (bicyclic) bond motifs is 1. The molecule has 2 saturated carbocycles. The summed E-state index contributed by atoms with van der Waals surface area (Å²) in [7, 11) is 0. The van der Waals surface area contributed by atoms with E-state index in [2.05, 4.69) is 22.9 Å². The molecule has 4 rings (SSSR count). The second kappa shape index (κ2) is 9.57. The summed E-state index contributed by atoms with van der Waals surface area (Å²) in [6.07, 6.45) is 9.58. The van der Waals surface area contributed by atoms with Crippen LogP contribution in [0.5, 0.6) is 0 Å². The number of carbonyl (C=O) groups excluding carboxylic acids is 4. The first-order valence-corrected chi connectivity index (χ1v) is 12.1. The molecule has 2 heterocycles. The smallest absolute Gasteiger partial charge is 0.315 e. The topological polar surface area (TPSA) is 108 Å². The number of urea groups is 1. The molecular formula is C23H36N4O4. The Hall–Kier alpha value is -2.12. The third-order valence-electron chi connectivity index (χ3n) is 7.99. The molecule has 0 bridgehead atoms. The zero-order valence-corrected chi connectivity index (χ0v) is 18.5. The van der Waals surface area contributed by atoms with Crippen molar-refractivity contribution in [1.29, 1.82) is 0 Å². The summed E-state index contributed by atoms with van der Waals surface area (Å²) >= 11 is 0. The number of piperidine rings is 1. The molecule has 2 aliphatic carbocycles. The Morgan fingerprint density at radius 2 is 1.87 bits per heavy atom. The zero-order valence-electron chi connectivity index (χ0n) is 18.5. The molecule has 0 aromatic carbocycles. The Kier molecular flexibility index (Phi) is 6.82. The second-order valence-corrected chi connectivity index (χ2v) is 10.0. The fourth-order valence-corrected chi connectivity index (χ4v) is 6.09. The number of imide groups is 1. The zero-order chi connectivity index (χ0) is 22.0. The SMILES string of the molecule is CC(NC(=O)NCC1CCC2CN(C3CCC(=O)NC3=O)C(=O)C2C1)C1CCCCC1. The van der Waals surface area contributed by atoms with Gasteiger partial charge in [-0.05, 0) is 63.2 Å². The van der Waals surface area contributed by atoms with Gasteiger partial charge >= 0.3 is 6.03 Å². The highest BCUT2D eigenvalue weighted by atomic mass is 16.2. The molecule has 8 heteroatoms. The number of hydrogen-bond donors (Lipinski definition) is 3. The van der Waals surface area contributed by atoms with Crippen molar-refractivity contribution in [2.24, 2.45) is 23.7 Å². The molecule has 4 fully saturated rings. The Morgan fingerprint density at radius 1 is 1.10 bits per heavy atom. The third kappa shape index (κ3) is 5.04. The van der Waals surface area contributed by atoms with Gasteiger partial charge in [-0.2, -0.15) is 0 Å². The van der Waals surface area contributed by atoms with Crippen LogP contribution in [0.15, 0.2) is 0 Å². The quantitative estimate of drug-likeness (QED) is 0.577. The van der Waals surface area contributed by atoms with E-state index >= 15 is 0 Å². The van der Waals surface area contributed by atoms with Gasteiger partial charge in [0.2, 0.25) is 17.7 Å². The van der Waals surface area contributed by atoms with Crippen molar-refractivity contribution in [2.45, 2.75) is 83.2 Å². The highest BCUT2D eigenvalue weighted by Crippen LogP contribution is 2.41. The number of likely N-dealkylation sites (tertiary alicyclic amines) is 1. The monoisotopic (exact) mass is 432 g/mol. The largest absolute Gasteiger partial charge is 0.338 e. The lowest BCUT2D eigenvalue weighted by atomic mass is 9.75. The Labute approximate surface area is 184 Å². The molecule has 5 atom stereocenters. The molecule has 2 aliphatic heterocycles. The maximum Gasteiger partial charge on any atom is 0.315 e. The van der Waals surface area contributed by atoms with Gasteiger partial charge in [0.1, 0.15) is 6.04 Å². The van der Waals surface area contributed by atoms with Crippen molar-refractivity contribution in [3.63, 3.8) is 0 Å². The number of amides is 5. The molecule has 2 saturated heterocycles. The van der Waals surface area contributed by atoms with Gasteiger partial charge in [-0.3, -0.25) is 19.7 Å². The fourth-order valence-electron chi connectivity index (χ4n) is 6.09. The normalized spacial score (nSPS) is 32.9. The molecule has 0 aromatic rings. The van der Waals surface area contributed by atoms with Gasteiger partial charge in [0.15, 0.2) is 0 Å². The minimum atomic E-state index is -0.514. The van der Waals surface area contributed by atoms with Gasteiger partial charge < -0.3 is 15.5 Å². The van der Waals surface area contributed by atoms with E-state index in [4.69, 9.17) is 0 Å². The van der Waals surface area contributed by atoms with Crippen LogP contribution in [-0.4, -0.2) is 53.8 Å². The van der Waals surface area contributed by atoms with Gasteiger partial charge in [0, 0.05) is 31.5 Å². The number of rotatable bonds is 5. The van der Waals surface area contributed by atoms with Crippen LogP contribution in [0.25, 0.3) is 0 Å². The highest BCUT2D eigenvalue weighted by Gasteiger charge is 2.48. The molecule has 0 spiro atoms. The molecule has 0 aromatic heterocycles. The molecule has 172 valence electrons. The van der Waals surface area contributed by atoms with Crippen LogP contribution in [0.3, 0.4) is 0 Å². The summed E-state index contributed by atoms with van der Waals surface area (Å²) in [6.45, 7) is 3.29. The molecule has 5 unspecified atom stereocenters. The van der Waals surface area contributed by atoms with Crippen LogP contribution in [-0.2, 0) is 14.4 Å². The first kappa shape index (κ1) is 22.1. The van der Waals surface area contributed by atoms with Crippen molar-refractivity contribution in [3.8, 4) is 0 Å². The first-order valence-electron chi connectivity index (χ1n) is 12.1. The van der Waals surface area contributed by atoms with Crippen molar-refractivity contribution in [2.75, 3.05) is 13.1 Å². The average Bonchev–Trinajstić information content (AvgIpc) is 3.08. The summed E-state index contributed by atoms with van der Waals surface area (Å²) < 4.78 is 0. The van der Waals surface area contributed by atoms with Crippen molar-refractivity contribution < 1.29 is 19.2 Å². The van der Waals surface area contributed by atoms with Crippen LogP contribution in [0.4, 0.5) is 4.79 Å². The van der Waals surface area contributed by atoms with Crippen LogP contribution in [0.2, 0.25) is 0 Å². The standard InChI is InChI=1S/C23H36N4O4/c1-14(16-5-3-2-4-6-16)25-23(31)24-12-15-7-8-17-13-27(22(30)18(17)11-15)19-9-10-20(28)26-21(19)29/h14-19H,2-13H2,1H3,(H2,24,25,31)(H,26,28,29). The minimum absolute atomic E-state index is 0.0413. The van der Waals surface area contributed by atoms with E-state index in [1.165, 1.54) is 32.1 Å². The lowest BCUT2D eigenvalue weighted by Crippen LogP contribution is -2.53. The van der Waals surface area contributed by atoms with Crippen LogP contribution < -0.4 is 16.0 Å². The number of nitrogens with one attached hydrogen (secondary N) is 3. The maximum atomic E-state index is 13.0. The van der Waals surface area contributed by atoms with Gasteiger partial charge in [-0.25, -0.2) is 4.79 Å². The Balaban J connectivity index is 1.24. The van der Waals surface area contributed by atoms with E-state index in [-0.39, 0.29) is 54.0 Å². The van der Waals surface area contributed by atoms with Gasteiger partial charge in [0.05, 0.1) is 0 Å². The van der Waals surface area contributed by atoms with Gasteiger partial charge in [0.25, 0.3) is 0 Å². The predicted molar refractivity (Wildman–Crippen MR) is 115 cm³/mol. The lowest BCUT2D eigenvalue weighted by Gasteiger charge is -2.31. The summed E-state index contributed by atoms with van der Waals surface area (Å²) in [4.78, 5) is 50.7. The van der Waals surface area contributed by atoms with E-state index < -0.39 is 6.04 Å². The van der Waals surface area contributed by atoms with Gasteiger partial charge in [-0.15, -0.1) is 0 Å². The van der Waals surface area contributed by atoms with Gasteiger partial charge in [-0.1, -0.05) is 19.3 Å². The van der Waals surface area contributed by atoms with Crippen LogP contribution in [0, 0.1) is 23.7 Å². The molecule has 31 heavy (non-hydrogen) atoms. The lowest BCUT2D eigenvalue weighted by molar-refractivity contribution is -0.144. The molecule has 0 radical (unpaired) electrons. The summed E-state index contributed by atoms with van der Waals surface area (Å²) in [5, 5.41) is 8.50. The molecule has 4 aliphatic rings. The molecular weight excluding hydrogens is 396 g/mol. The number of hydrogen-bond acceptors (Lipinski definition) is 4. The van der Waals surface area contributed by atoms with Crippen molar-refractivity contribution in [3.05, 3.63) is 0 Å². The van der Waals surface area contributed by atoms with E-state index in [1.807, 2.05) is 0 Å². The van der Waals surface area contributed by atoms with E-state index in [0.717, 1.165) is 19.3 Å². The summed E-state index contributed by atoms with van der Waals surface area (Å²) in [5.74, 6) is 0.494. The van der Waals surface area contributed by atoms with E-state index in [0.29, 0.717) is 25.4 Å². The third-order valence-corrected chi connectivity index (χ3v) is 7.99. The maximum absolute atomic E-state index is 13.0. The second-order valence-electron chi connectivity index (χ2n) is 10.0. The van der Waals surface area contributed by atoms with Crippen molar-refractivity contribution >= 4 is 23.8 Å².